The lowest BCUT2D eigenvalue weighted by molar-refractivity contribution is -0.384. The number of carbonyl (C=O) groups is 1. The number of benzene rings is 2. The lowest BCUT2D eigenvalue weighted by atomic mass is 10.2. The Kier molecular flexibility index (Phi) is 6.89. The second-order valence-corrected chi connectivity index (χ2v) is 7.78. The molecule has 0 radical (unpaired) electrons. The number of carbonyl (C=O) groups excluding carboxylic acids is 1. The first-order valence-corrected chi connectivity index (χ1v) is 9.84. The second kappa shape index (κ2) is 9.15. The van der Waals surface area contributed by atoms with Gasteiger partial charge in [-0.25, -0.2) is 4.83 Å². The Hall–Kier alpha value is -3.47. The zero-order valence-electron chi connectivity index (χ0n) is 16.0. The Morgan fingerprint density at radius 3 is 2.45 bits per heavy atom. The highest BCUT2D eigenvalue weighted by Crippen LogP contribution is 2.29. The molecule has 10 nitrogen and oxygen atoms in total. The third-order valence-electron chi connectivity index (χ3n) is 3.78. The summed E-state index contributed by atoms with van der Waals surface area (Å²) in [7, 11) is -2.50. The number of nitro groups is 1. The Bertz CT molecular complexity index is 1050. The normalized spacial score (nSPS) is 11.6. The van der Waals surface area contributed by atoms with Gasteiger partial charge in [-0.3, -0.25) is 14.9 Å². The van der Waals surface area contributed by atoms with Crippen molar-refractivity contribution in [2.45, 2.75) is 25.2 Å². The van der Waals surface area contributed by atoms with Crippen LogP contribution in [-0.4, -0.2) is 32.1 Å². The van der Waals surface area contributed by atoms with Crippen molar-refractivity contribution in [3.63, 3.8) is 0 Å². The minimum Gasteiger partial charge on any atom is -0.496 e. The summed E-state index contributed by atoms with van der Waals surface area (Å²) in [5, 5.41) is 17.3. The van der Waals surface area contributed by atoms with Gasteiger partial charge in [0, 0.05) is 5.71 Å². The van der Waals surface area contributed by atoms with Crippen LogP contribution in [0.2, 0.25) is 0 Å². The Morgan fingerprint density at radius 2 is 1.86 bits per heavy atom. The van der Waals surface area contributed by atoms with E-state index in [1.165, 1.54) is 44.4 Å². The van der Waals surface area contributed by atoms with Crippen molar-refractivity contribution in [3.8, 4) is 5.75 Å². The fraction of sp³-hybridized carbons (Fsp3) is 0.222. The molecule has 0 heterocycles. The average molecular weight is 420 g/mol. The molecule has 0 spiro atoms. The third kappa shape index (κ3) is 6.01. The Morgan fingerprint density at radius 1 is 1.21 bits per heavy atom. The summed E-state index contributed by atoms with van der Waals surface area (Å²) < 4.78 is 29.3. The number of hydrogen-bond donors (Lipinski definition) is 2. The van der Waals surface area contributed by atoms with Crippen LogP contribution in [0.5, 0.6) is 5.75 Å². The number of nitrogens with one attached hydrogen (secondary N) is 2. The first-order valence-electron chi connectivity index (χ1n) is 8.36. The summed E-state index contributed by atoms with van der Waals surface area (Å²) in [6, 6.07) is 10.2. The van der Waals surface area contributed by atoms with Crippen LogP contribution in [0.4, 0.5) is 11.4 Å². The number of anilines is 1. The van der Waals surface area contributed by atoms with E-state index in [2.05, 4.69) is 15.2 Å². The molecule has 0 bridgehead atoms. The van der Waals surface area contributed by atoms with E-state index in [0.29, 0.717) is 0 Å². The van der Waals surface area contributed by atoms with Gasteiger partial charge < -0.3 is 10.1 Å². The van der Waals surface area contributed by atoms with Gasteiger partial charge in [0.1, 0.15) is 11.4 Å². The van der Waals surface area contributed by atoms with Crippen molar-refractivity contribution in [1.29, 1.82) is 0 Å². The lowest BCUT2D eigenvalue weighted by Crippen LogP contribution is -2.22. The van der Waals surface area contributed by atoms with Crippen molar-refractivity contribution in [1.82, 2.24) is 4.83 Å². The van der Waals surface area contributed by atoms with Gasteiger partial charge in [0.25, 0.3) is 15.7 Å². The van der Waals surface area contributed by atoms with Crippen LogP contribution < -0.4 is 14.9 Å². The molecule has 2 rings (SSSR count). The molecule has 1 amide bonds. The van der Waals surface area contributed by atoms with Crippen LogP contribution in [0.15, 0.2) is 52.5 Å². The highest BCUT2D eigenvalue weighted by atomic mass is 32.2. The number of ether oxygens (including phenoxy) is 1. The van der Waals surface area contributed by atoms with E-state index in [1.54, 1.807) is 12.1 Å². The van der Waals surface area contributed by atoms with Gasteiger partial charge in [-0.05, 0) is 38.1 Å². The monoisotopic (exact) mass is 420 g/mol. The summed E-state index contributed by atoms with van der Waals surface area (Å²) in [4.78, 5) is 24.8. The molecule has 0 saturated carbocycles. The number of methoxy groups -OCH3 is 1. The van der Waals surface area contributed by atoms with Crippen molar-refractivity contribution < 1.29 is 22.9 Å². The number of sulfonamides is 1. The molecule has 11 heteroatoms. The highest BCUT2D eigenvalue weighted by Gasteiger charge is 2.18. The van der Waals surface area contributed by atoms with E-state index in [4.69, 9.17) is 4.74 Å². The Balaban J connectivity index is 2.05. The SMILES string of the molecule is COc1ccc(NC(=O)C/C(C)=N/NS(=O)(=O)c2ccc(C)cc2)c([N+](=O)[O-])c1. The molecule has 0 aliphatic heterocycles. The van der Waals surface area contributed by atoms with Crippen LogP contribution in [0.25, 0.3) is 0 Å². The smallest absolute Gasteiger partial charge is 0.296 e. The zero-order chi connectivity index (χ0) is 21.6. The van der Waals surface area contributed by atoms with Crippen molar-refractivity contribution in [2.24, 2.45) is 5.10 Å². The molecule has 0 aliphatic carbocycles. The van der Waals surface area contributed by atoms with E-state index in [9.17, 15) is 23.3 Å². The third-order valence-corrected chi connectivity index (χ3v) is 5.00. The molecule has 0 aliphatic rings. The van der Waals surface area contributed by atoms with E-state index in [0.717, 1.165) is 5.56 Å². The molecule has 0 aromatic heterocycles. The van der Waals surface area contributed by atoms with Gasteiger partial charge in [-0.2, -0.15) is 13.5 Å². The molecule has 29 heavy (non-hydrogen) atoms. The fourth-order valence-electron chi connectivity index (χ4n) is 2.27. The summed E-state index contributed by atoms with van der Waals surface area (Å²) >= 11 is 0. The van der Waals surface area contributed by atoms with Gasteiger partial charge >= 0.3 is 0 Å². The predicted octanol–water partition coefficient (Wildman–Crippen LogP) is 2.59. The van der Waals surface area contributed by atoms with Gasteiger partial charge in [-0.1, -0.05) is 17.7 Å². The molecule has 2 aromatic rings. The number of hydrogen-bond acceptors (Lipinski definition) is 7. The molecular weight excluding hydrogens is 400 g/mol. The van der Waals surface area contributed by atoms with Crippen molar-refractivity contribution in [3.05, 3.63) is 58.1 Å². The van der Waals surface area contributed by atoms with Crippen LogP contribution in [0, 0.1) is 17.0 Å². The molecule has 0 atom stereocenters. The molecule has 2 aromatic carbocycles. The van der Waals surface area contributed by atoms with Crippen LogP contribution >= 0.6 is 0 Å². The summed E-state index contributed by atoms with van der Waals surface area (Å²) in [6.07, 6.45) is -0.264. The van der Waals surface area contributed by atoms with Crippen molar-refractivity contribution >= 4 is 33.0 Å². The molecule has 0 unspecified atom stereocenters. The molecule has 0 saturated heterocycles. The number of amides is 1. The maximum Gasteiger partial charge on any atom is 0.296 e. The summed E-state index contributed by atoms with van der Waals surface area (Å²) in [6.45, 7) is 3.29. The number of nitro benzene ring substituents is 1. The molecule has 2 N–H and O–H groups in total. The second-order valence-electron chi connectivity index (χ2n) is 6.12. The Labute approximate surface area is 167 Å². The van der Waals surface area contributed by atoms with Gasteiger partial charge in [0.15, 0.2) is 0 Å². The molecule has 0 fully saturated rings. The highest BCUT2D eigenvalue weighted by molar-refractivity contribution is 7.89. The number of nitrogens with zero attached hydrogens (tertiary/aromatic N) is 2. The average Bonchev–Trinajstić information content (AvgIpc) is 2.67. The van der Waals surface area contributed by atoms with Crippen molar-refractivity contribution in [2.75, 3.05) is 12.4 Å². The lowest BCUT2D eigenvalue weighted by Gasteiger charge is -2.08. The van der Waals surface area contributed by atoms with Crippen LogP contribution in [0.1, 0.15) is 18.9 Å². The van der Waals surface area contributed by atoms with Gasteiger partial charge in [-0.15, -0.1) is 0 Å². The van der Waals surface area contributed by atoms with Crippen LogP contribution in [-0.2, 0) is 14.8 Å². The minimum atomic E-state index is -3.86. The summed E-state index contributed by atoms with van der Waals surface area (Å²) in [5.41, 5.74) is 0.753. The first kappa shape index (κ1) is 21.8. The predicted molar refractivity (Wildman–Crippen MR) is 108 cm³/mol. The maximum absolute atomic E-state index is 12.2. The fourth-order valence-corrected chi connectivity index (χ4v) is 3.15. The molecular formula is C18H20N4O6S. The standard InChI is InChI=1S/C18H20N4O6S/c1-12-4-7-15(8-5-12)29(26,27)21-20-13(2)10-18(23)19-16-9-6-14(28-3)11-17(16)22(24)25/h4-9,11,21H,10H2,1-3H3,(H,19,23)/b20-13+. The van der Waals surface area contributed by atoms with E-state index >= 15 is 0 Å². The number of hydrazone groups is 1. The molecule has 154 valence electrons. The first-order chi connectivity index (χ1) is 13.6. The van der Waals surface area contributed by atoms with E-state index in [1.807, 2.05) is 6.92 Å². The van der Waals surface area contributed by atoms with Gasteiger partial charge in [0.05, 0.1) is 29.4 Å². The number of aryl methyl sites for hydroxylation is 1. The van der Waals surface area contributed by atoms with Crippen LogP contribution in [0.3, 0.4) is 0 Å². The van der Waals surface area contributed by atoms with E-state index < -0.39 is 20.9 Å². The van der Waals surface area contributed by atoms with E-state index in [-0.39, 0.29) is 34.2 Å². The zero-order valence-corrected chi connectivity index (χ0v) is 16.8. The quantitative estimate of drug-likeness (QED) is 0.382. The summed E-state index contributed by atoms with van der Waals surface area (Å²) in [5.74, 6) is -0.313. The van der Waals surface area contributed by atoms with Gasteiger partial charge in [0.2, 0.25) is 5.91 Å². The number of rotatable bonds is 8. The largest absolute Gasteiger partial charge is 0.496 e. The maximum atomic E-state index is 12.2. The minimum absolute atomic E-state index is 0.00571. The topological polar surface area (TPSA) is 140 Å².